The van der Waals surface area contributed by atoms with Crippen LogP contribution in [0.25, 0.3) is 0 Å². The molecule has 0 aliphatic heterocycles. The van der Waals surface area contributed by atoms with Gasteiger partial charge in [0.25, 0.3) is 5.91 Å². The zero-order valence-corrected chi connectivity index (χ0v) is 13.1. The maximum Gasteiger partial charge on any atom is 0.276 e. The average Bonchev–Trinajstić information content (AvgIpc) is 3.17. The molecule has 0 saturated heterocycles. The predicted molar refractivity (Wildman–Crippen MR) is 84.6 cm³/mol. The van der Waals surface area contributed by atoms with E-state index in [1.165, 1.54) is 16.6 Å². The highest BCUT2D eigenvalue weighted by molar-refractivity contribution is 5.91. The number of rotatable bonds is 5. The molecule has 1 aromatic carbocycles. The Kier molecular flexibility index (Phi) is 4.18. The number of aromatic nitrogens is 5. The van der Waals surface area contributed by atoms with Gasteiger partial charge in [-0.05, 0) is 11.6 Å². The van der Waals surface area contributed by atoms with Gasteiger partial charge in [0.1, 0.15) is 0 Å². The molecule has 0 aliphatic rings. The zero-order valence-electron chi connectivity index (χ0n) is 13.1. The minimum absolute atomic E-state index is 0.162. The number of hydrogen-bond donors (Lipinski definition) is 0. The standard InChI is InChI=1S/C16H18N6O/c1-20(16(23)15-10-18-21(2)19-15)12-14-8-9-17-22(14)11-13-6-4-3-5-7-13/h3-10H,11-12H2,1-2H3. The van der Waals surface area contributed by atoms with Crippen molar-refractivity contribution in [3.63, 3.8) is 0 Å². The normalized spacial score (nSPS) is 10.7. The van der Waals surface area contributed by atoms with E-state index in [4.69, 9.17) is 0 Å². The van der Waals surface area contributed by atoms with E-state index in [0.29, 0.717) is 18.8 Å². The number of amides is 1. The minimum atomic E-state index is -0.162. The Bertz CT molecular complexity index is 792. The van der Waals surface area contributed by atoms with Gasteiger partial charge >= 0.3 is 0 Å². The molecule has 0 atom stereocenters. The highest BCUT2D eigenvalue weighted by atomic mass is 16.2. The Hall–Kier alpha value is -2.96. The number of benzene rings is 1. The second-order valence-electron chi connectivity index (χ2n) is 5.35. The van der Waals surface area contributed by atoms with Gasteiger partial charge in [0.2, 0.25) is 0 Å². The van der Waals surface area contributed by atoms with Gasteiger partial charge in [0.05, 0.1) is 25.0 Å². The monoisotopic (exact) mass is 310 g/mol. The fraction of sp³-hybridized carbons (Fsp3) is 0.250. The molecule has 1 amide bonds. The molecule has 0 N–H and O–H groups in total. The molecule has 2 aromatic heterocycles. The van der Waals surface area contributed by atoms with Crippen LogP contribution in [0.2, 0.25) is 0 Å². The van der Waals surface area contributed by atoms with E-state index in [-0.39, 0.29) is 5.91 Å². The van der Waals surface area contributed by atoms with Gasteiger partial charge in [-0.3, -0.25) is 9.48 Å². The minimum Gasteiger partial charge on any atom is -0.334 e. The third kappa shape index (κ3) is 3.45. The molecule has 118 valence electrons. The van der Waals surface area contributed by atoms with Crippen molar-refractivity contribution in [3.05, 3.63) is 65.7 Å². The van der Waals surface area contributed by atoms with Crippen LogP contribution in [0.1, 0.15) is 21.7 Å². The van der Waals surface area contributed by atoms with Crippen LogP contribution in [0.5, 0.6) is 0 Å². The molecular formula is C16H18N6O. The molecule has 0 radical (unpaired) electrons. The lowest BCUT2D eigenvalue weighted by Crippen LogP contribution is -2.28. The summed E-state index contributed by atoms with van der Waals surface area (Å²) in [6.07, 6.45) is 3.22. The highest BCUT2D eigenvalue weighted by Crippen LogP contribution is 2.09. The van der Waals surface area contributed by atoms with Gasteiger partial charge in [-0.25, -0.2) is 0 Å². The molecule has 7 heteroatoms. The van der Waals surface area contributed by atoms with Crippen LogP contribution in [0.15, 0.2) is 48.8 Å². The molecule has 0 spiro atoms. The van der Waals surface area contributed by atoms with Crippen LogP contribution >= 0.6 is 0 Å². The summed E-state index contributed by atoms with van der Waals surface area (Å²) in [5.41, 5.74) is 2.47. The van der Waals surface area contributed by atoms with Crippen molar-refractivity contribution in [3.8, 4) is 0 Å². The Morgan fingerprint density at radius 1 is 1.17 bits per heavy atom. The van der Waals surface area contributed by atoms with Crippen molar-refractivity contribution >= 4 is 5.91 Å². The Morgan fingerprint density at radius 2 is 1.96 bits per heavy atom. The van der Waals surface area contributed by atoms with Crippen molar-refractivity contribution in [2.45, 2.75) is 13.1 Å². The van der Waals surface area contributed by atoms with Crippen molar-refractivity contribution in [2.24, 2.45) is 7.05 Å². The third-order valence-electron chi connectivity index (χ3n) is 3.54. The lowest BCUT2D eigenvalue weighted by atomic mass is 10.2. The van der Waals surface area contributed by atoms with E-state index in [1.807, 2.05) is 28.9 Å². The molecule has 3 rings (SSSR count). The van der Waals surface area contributed by atoms with Crippen LogP contribution in [0.4, 0.5) is 0 Å². The molecular weight excluding hydrogens is 292 g/mol. The van der Waals surface area contributed by atoms with E-state index in [0.717, 1.165) is 5.69 Å². The van der Waals surface area contributed by atoms with Crippen molar-refractivity contribution in [1.82, 2.24) is 29.7 Å². The van der Waals surface area contributed by atoms with Gasteiger partial charge in [-0.15, -0.1) is 5.10 Å². The highest BCUT2D eigenvalue weighted by Gasteiger charge is 2.17. The summed E-state index contributed by atoms with van der Waals surface area (Å²) in [7, 11) is 3.43. The summed E-state index contributed by atoms with van der Waals surface area (Å²) >= 11 is 0. The number of aryl methyl sites for hydroxylation is 1. The SMILES string of the molecule is CN(Cc1ccnn1Cc1ccccc1)C(=O)c1cnn(C)n1. The lowest BCUT2D eigenvalue weighted by molar-refractivity contribution is 0.0775. The molecule has 0 aliphatic carbocycles. The first-order chi connectivity index (χ1) is 11.1. The van der Waals surface area contributed by atoms with Crippen molar-refractivity contribution in [1.29, 1.82) is 0 Å². The fourth-order valence-corrected chi connectivity index (χ4v) is 2.35. The van der Waals surface area contributed by atoms with E-state index in [1.54, 1.807) is 25.2 Å². The third-order valence-corrected chi connectivity index (χ3v) is 3.54. The number of nitrogens with zero attached hydrogens (tertiary/aromatic N) is 6. The van der Waals surface area contributed by atoms with E-state index in [9.17, 15) is 4.79 Å². The maximum atomic E-state index is 12.3. The second kappa shape index (κ2) is 6.43. The summed E-state index contributed by atoms with van der Waals surface area (Å²) < 4.78 is 1.90. The molecule has 7 nitrogen and oxygen atoms in total. The Balaban J connectivity index is 1.71. The Labute approximate surface area is 134 Å². The molecule has 0 fully saturated rings. The molecule has 23 heavy (non-hydrogen) atoms. The summed E-state index contributed by atoms with van der Waals surface area (Å²) in [5, 5.41) is 12.3. The zero-order chi connectivity index (χ0) is 16.2. The molecule has 0 bridgehead atoms. The van der Waals surface area contributed by atoms with E-state index >= 15 is 0 Å². The van der Waals surface area contributed by atoms with Crippen LogP contribution in [-0.4, -0.2) is 42.6 Å². The van der Waals surface area contributed by atoms with Crippen LogP contribution in [0, 0.1) is 0 Å². The molecule has 0 unspecified atom stereocenters. The maximum absolute atomic E-state index is 12.3. The van der Waals surface area contributed by atoms with Crippen LogP contribution < -0.4 is 0 Å². The topological polar surface area (TPSA) is 68.8 Å². The van der Waals surface area contributed by atoms with Gasteiger partial charge in [0.15, 0.2) is 5.69 Å². The van der Waals surface area contributed by atoms with Crippen LogP contribution in [-0.2, 0) is 20.1 Å². The Morgan fingerprint density at radius 3 is 2.65 bits per heavy atom. The van der Waals surface area contributed by atoms with Gasteiger partial charge < -0.3 is 4.90 Å². The van der Waals surface area contributed by atoms with Gasteiger partial charge in [0, 0.05) is 20.3 Å². The summed E-state index contributed by atoms with van der Waals surface area (Å²) in [6, 6.07) is 12.0. The first kappa shape index (κ1) is 15.0. The second-order valence-corrected chi connectivity index (χ2v) is 5.35. The molecule has 3 aromatic rings. The number of hydrogen-bond acceptors (Lipinski definition) is 4. The smallest absolute Gasteiger partial charge is 0.276 e. The first-order valence-corrected chi connectivity index (χ1v) is 7.30. The van der Waals surface area contributed by atoms with Crippen molar-refractivity contribution < 1.29 is 4.79 Å². The number of carbonyl (C=O) groups excluding carboxylic acids is 1. The van der Waals surface area contributed by atoms with Gasteiger partial charge in [-0.1, -0.05) is 30.3 Å². The average molecular weight is 310 g/mol. The summed E-state index contributed by atoms with van der Waals surface area (Å²) in [6.45, 7) is 1.14. The lowest BCUT2D eigenvalue weighted by Gasteiger charge is -2.16. The summed E-state index contributed by atoms with van der Waals surface area (Å²) in [5.74, 6) is -0.162. The van der Waals surface area contributed by atoms with Crippen LogP contribution in [0.3, 0.4) is 0 Å². The van der Waals surface area contributed by atoms with E-state index in [2.05, 4.69) is 27.4 Å². The summed E-state index contributed by atoms with van der Waals surface area (Å²) in [4.78, 5) is 15.3. The van der Waals surface area contributed by atoms with E-state index < -0.39 is 0 Å². The first-order valence-electron chi connectivity index (χ1n) is 7.30. The fourth-order valence-electron chi connectivity index (χ4n) is 2.35. The quantitative estimate of drug-likeness (QED) is 0.713. The van der Waals surface area contributed by atoms with Crippen molar-refractivity contribution in [2.75, 3.05) is 7.05 Å². The largest absolute Gasteiger partial charge is 0.334 e. The van der Waals surface area contributed by atoms with Gasteiger partial charge in [-0.2, -0.15) is 15.0 Å². The molecule has 2 heterocycles. The predicted octanol–water partition coefficient (Wildman–Crippen LogP) is 1.33. The molecule has 0 saturated carbocycles. The number of carbonyl (C=O) groups is 1.